The van der Waals surface area contributed by atoms with Crippen LogP contribution in [-0.4, -0.2) is 5.43 Å². The zero-order valence-corrected chi connectivity index (χ0v) is 29.5. The Morgan fingerprint density at radius 3 is 2.10 bits per heavy atom. The molecule has 0 aliphatic heterocycles. The minimum atomic E-state index is -1.97. The van der Waals surface area contributed by atoms with Crippen molar-refractivity contribution in [2.24, 2.45) is 0 Å². The van der Waals surface area contributed by atoms with Gasteiger partial charge in [-0.15, -0.1) is 0 Å². The molecule has 0 saturated carbocycles. The van der Waals surface area contributed by atoms with Crippen molar-refractivity contribution in [2.45, 2.75) is 79.6 Å². The van der Waals surface area contributed by atoms with Gasteiger partial charge in [-0.2, -0.15) is 0 Å². The fourth-order valence-corrected chi connectivity index (χ4v) is 26.3. The van der Waals surface area contributed by atoms with E-state index in [1.807, 2.05) is 0 Å². The maximum atomic E-state index is 2.76. The smallest absolute Gasteiger partial charge is 1.00 e. The first-order valence-corrected chi connectivity index (χ1v) is 23.1. The summed E-state index contributed by atoms with van der Waals surface area (Å²) in [5.41, 5.74) is 13.6. The second-order valence-corrected chi connectivity index (χ2v) is 30.2. The fourth-order valence-electron chi connectivity index (χ4n) is 6.43. The molecule has 0 heterocycles. The van der Waals surface area contributed by atoms with Gasteiger partial charge in [0.15, 0.2) is 0 Å². The van der Waals surface area contributed by atoms with E-state index < -0.39 is 20.4 Å². The summed E-state index contributed by atoms with van der Waals surface area (Å²) in [5.74, 6) is 0. The third-order valence-electron chi connectivity index (χ3n) is 8.37. The van der Waals surface area contributed by atoms with E-state index in [9.17, 15) is 0 Å². The van der Waals surface area contributed by atoms with Crippen LogP contribution in [-0.2, 0) is 25.8 Å². The summed E-state index contributed by atoms with van der Waals surface area (Å²) in [6.45, 7) is 16.9. The standard InChI is InChI=1S/C20H21.C13H15.C2H6Si.2ClH.Zr/c1-14-12-16-6-5-7-18(19(16)13-14)15-8-10-17(11-9-15)20(2,3)4;1-2-3-6-11-9-10-12-7-4-5-8-13(11)12;1-3-2;;;/h5-13H,1-4H3;4-5,7-10H,2-3,6H2,1H3;1-2H3;2*1H;/q;;;;;+2/p-2. The van der Waals surface area contributed by atoms with Crippen molar-refractivity contribution in [3.63, 3.8) is 0 Å². The molecule has 0 radical (unpaired) electrons. The Kier molecular flexibility index (Phi) is 10.9. The summed E-state index contributed by atoms with van der Waals surface area (Å²) in [6.07, 6.45) is 9.11. The average molecular weight is 653 g/mol. The molecule has 2 aliphatic carbocycles. The summed E-state index contributed by atoms with van der Waals surface area (Å²) < 4.78 is 1.40. The third kappa shape index (κ3) is 6.35. The number of unbranched alkanes of at least 4 members (excludes halogenated alkanes) is 1. The fraction of sp³-hybridized carbons (Fsp3) is 0.371. The molecule has 39 heavy (non-hydrogen) atoms. The molecule has 2 aliphatic rings. The summed E-state index contributed by atoms with van der Waals surface area (Å²) in [4.78, 5) is 0. The largest absolute Gasteiger partial charge is 1.00 e. The molecule has 0 aromatic heterocycles. The molecule has 2 atom stereocenters. The zero-order chi connectivity index (χ0) is 26.3. The van der Waals surface area contributed by atoms with Crippen molar-refractivity contribution in [2.75, 3.05) is 0 Å². The topological polar surface area (TPSA) is 0 Å². The van der Waals surface area contributed by atoms with Gasteiger partial charge >= 0.3 is 234 Å². The Morgan fingerprint density at radius 1 is 0.821 bits per heavy atom. The Labute approximate surface area is 257 Å². The van der Waals surface area contributed by atoms with Crippen LogP contribution in [0, 0.1) is 0 Å². The van der Waals surface area contributed by atoms with Crippen molar-refractivity contribution in [3.8, 4) is 11.1 Å². The first-order chi connectivity index (χ1) is 17.7. The monoisotopic (exact) mass is 650 g/mol. The van der Waals surface area contributed by atoms with Crippen molar-refractivity contribution in [1.82, 2.24) is 0 Å². The van der Waals surface area contributed by atoms with Gasteiger partial charge in [-0.25, -0.2) is 0 Å². The van der Waals surface area contributed by atoms with Gasteiger partial charge in [-0.3, -0.25) is 0 Å². The minimum absolute atomic E-state index is 0. The second kappa shape index (κ2) is 13.2. The Balaban J connectivity index is 0.00000210. The molecule has 0 amide bonds. The van der Waals surface area contributed by atoms with Crippen LogP contribution in [0.2, 0.25) is 13.1 Å². The molecular formula is C35H42Cl2SiZr. The number of hydrogen-bond donors (Lipinski definition) is 0. The van der Waals surface area contributed by atoms with Crippen LogP contribution in [0.3, 0.4) is 0 Å². The van der Waals surface area contributed by atoms with Gasteiger partial charge in [0, 0.05) is 0 Å². The van der Waals surface area contributed by atoms with Crippen LogP contribution in [0.25, 0.3) is 22.8 Å². The van der Waals surface area contributed by atoms with Crippen molar-refractivity contribution in [1.29, 1.82) is 0 Å². The van der Waals surface area contributed by atoms with Crippen LogP contribution in [0.1, 0.15) is 89.0 Å². The molecule has 204 valence electrons. The molecule has 0 fully saturated rings. The van der Waals surface area contributed by atoms with E-state index in [0.29, 0.717) is 7.25 Å². The van der Waals surface area contributed by atoms with Crippen LogP contribution in [0.5, 0.6) is 0 Å². The third-order valence-corrected chi connectivity index (χ3v) is 27.8. The van der Waals surface area contributed by atoms with Gasteiger partial charge in [0.2, 0.25) is 0 Å². The Morgan fingerprint density at radius 2 is 1.46 bits per heavy atom. The number of fused-ring (bicyclic) bond motifs is 2. The molecule has 2 unspecified atom stereocenters. The van der Waals surface area contributed by atoms with Crippen molar-refractivity contribution < 1.29 is 45.2 Å². The van der Waals surface area contributed by atoms with Crippen LogP contribution >= 0.6 is 0 Å². The molecule has 5 rings (SSSR count). The number of rotatable bonds is 6. The Bertz CT molecular complexity index is 1420. The molecular weight excluding hydrogens is 611 g/mol. The summed E-state index contributed by atoms with van der Waals surface area (Å²) >= 11 is -1.97. The van der Waals surface area contributed by atoms with Crippen LogP contribution in [0.15, 0.2) is 78.4 Å². The quantitative estimate of drug-likeness (QED) is 0.349. The van der Waals surface area contributed by atoms with Crippen LogP contribution in [0.4, 0.5) is 0 Å². The first kappa shape index (κ1) is 32.3. The van der Waals surface area contributed by atoms with Crippen molar-refractivity contribution in [3.05, 3.63) is 106 Å². The summed E-state index contributed by atoms with van der Waals surface area (Å²) in [6, 6.07) is 25.9. The van der Waals surface area contributed by atoms with Gasteiger partial charge in [-0.05, 0) is 0 Å². The molecule has 4 heteroatoms. The van der Waals surface area contributed by atoms with Crippen LogP contribution < -0.4 is 24.8 Å². The summed E-state index contributed by atoms with van der Waals surface area (Å²) in [5, 5.41) is 0. The normalized spacial score (nSPS) is 17.1. The predicted molar refractivity (Wildman–Crippen MR) is 161 cm³/mol. The second-order valence-electron chi connectivity index (χ2n) is 12.3. The van der Waals surface area contributed by atoms with E-state index in [-0.39, 0.29) is 35.7 Å². The van der Waals surface area contributed by atoms with Crippen molar-refractivity contribution >= 4 is 17.1 Å². The van der Waals surface area contributed by atoms with E-state index in [0.717, 1.165) is 0 Å². The summed E-state index contributed by atoms with van der Waals surface area (Å²) in [7, 11) is 0. The molecule has 0 bridgehead atoms. The number of hydrogen-bond acceptors (Lipinski definition) is 0. The molecule has 0 spiro atoms. The molecule has 3 aromatic rings. The SMILES string of the molecule is CCCCC1=C[CH]([Zr+2]([CH]2C(C)=Cc3c(-c4ccc(C(C)(C)C)cc4)cccc32)=[Si](C)C)c2ccccc21.[Cl-].[Cl-]. The first-order valence-electron chi connectivity index (χ1n) is 14.1. The van der Waals surface area contributed by atoms with Gasteiger partial charge < -0.3 is 24.8 Å². The van der Waals surface area contributed by atoms with E-state index in [4.69, 9.17) is 0 Å². The van der Waals surface area contributed by atoms with Gasteiger partial charge in [-0.1, -0.05) is 0 Å². The average Bonchev–Trinajstić information content (AvgIpc) is 3.40. The predicted octanol–water partition coefficient (Wildman–Crippen LogP) is 4.31. The van der Waals surface area contributed by atoms with E-state index in [1.165, 1.54) is 41.5 Å². The zero-order valence-electron chi connectivity index (χ0n) is 24.5. The van der Waals surface area contributed by atoms with E-state index >= 15 is 0 Å². The Hall–Kier alpha value is -1.18. The molecule has 3 aromatic carbocycles. The van der Waals surface area contributed by atoms with E-state index in [2.05, 4.69) is 127 Å². The van der Waals surface area contributed by atoms with Gasteiger partial charge in [0.05, 0.1) is 0 Å². The molecule has 0 nitrogen and oxygen atoms in total. The minimum Gasteiger partial charge on any atom is -1.00 e. The maximum absolute atomic E-state index is 2.76. The molecule has 0 saturated heterocycles. The number of halogens is 2. The van der Waals surface area contributed by atoms with Gasteiger partial charge in [0.25, 0.3) is 0 Å². The number of allylic oxidation sites excluding steroid dienone is 3. The van der Waals surface area contributed by atoms with E-state index in [1.54, 1.807) is 27.8 Å². The van der Waals surface area contributed by atoms with Gasteiger partial charge in [0.1, 0.15) is 0 Å². The molecule has 0 N–H and O–H groups in total. The number of benzene rings is 3. The maximum Gasteiger partial charge on any atom is -1.00 e.